The fourth-order valence-corrected chi connectivity index (χ4v) is 5.46. The number of anilines is 1. The first-order valence-electron chi connectivity index (χ1n) is 10.7. The van der Waals surface area contributed by atoms with Gasteiger partial charge in [0.1, 0.15) is 16.9 Å². The third-order valence-corrected chi connectivity index (χ3v) is 7.67. The Kier molecular flexibility index (Phi) is 6.63. The van der Waals surface area contributed by atoms with Crippen LogP contribution in [0.4, 0.5) is 9.52 Å². The summed E-state index contributed by atoms with van der Waals surface area (Å²) >= 11 is 1.13. The number of rotatable bonds is 8. The number of fused-ring (bicyclic) bond motifs is 1. The summed E-state index contributed by atoms with van der Waals surface area (Å²) in [6.07, 6.45) is 0.0842. The lowest BCUT2D eigenvalue weighted by Gasteiger charge is -2.18. The summed E-state index contributed by atoms with van der Waals surface area (Å²) in [5.74, 6) is 0.0420. The highest BCUT2D eigenvalue weighted by molar-refractivity contribution is 7.89. The molecular weight excluding hydrogens is 507 g/mol. The van der Waals surface area contributed by atoms with Crippen molar-refractivity contribution in [1.29, 1.82) is 0 Å². The molecule has 1 aliphatic heterocycles. The van der Waals surface area contributed by atoms with Crippen LogP contribution in [0.5, 0.6) is 11.5 Å². The molecule has 0 bridgehead atoms. The van der Waals surface area contributed by atoms with Crippen molar-refractivity contribution in [2.75, 3.05) is 12.1 Å². The average Bonchev–Trinajstić information content (AvgIpc) is 3.53. The van der Waals surface area contributed by atoms with Gasteiger partial charge >= 0.3 is 0 Å². The van der Waals surface area contributed by atoms with Gasteiger partial charge in [-0.1, -0.05) is 41.7 Å². The fourth-order valence-electron chi connectivity index (χ4n) is 3.52. The number of halogens is 1. The minimum absolute atomic E-state index is 0.0842. The number of amides is 1. The van der Waals surface area contributed by atoms with Gasteiger partial charge in [-0.2, -0.15) is 4.72 Å². The molecule has 9 nitrogen and oxygen atoms in total. The Hall–Kier alpha value is -3.87. The van der Waals surface area contributed by atoms with Crippen LogP contribution in [0.1, 0.15) is 5.56 Å². The maximum atomic E-state index is 13.3. The zero-order valence-corrected chi connectivity index (χ0v) is 20.2. The van der Waals surface area contributed by atoms with Crippen molar-refractivity contribution in [3.8, 4) is 22.1 Å². The molecule has 36 heavy (non-hydrogen) atoms. The number of carbonyl (C=O) groups excluding carboxylic acids is 1. The summed E-state index contributed by atoms with van der Waals surface area (Å²) < 4.78 is 52.3. The van der Waals surface area contributed by atoms with Gasteiger partial charge in [-0.3, -0.25) is 10.1 Å². The second kappa shape index (κ2) is 10.0. The van der Waals surface area contributed by atoms with E-state index in [0.717, 1.165) is 46.7 Å². The van der Waals surface area contributed by atoms with Crippen LogP contribution in [0, 0.1) is 5.82 Å². The van der Waals surface area contributed by atoms with Gasteiger partial charge in [-0.15, -0.1) is 10.2 Å². The van der Waals surface area contributed by atoms with Crippen molar-refractivity contribution in [2.24, 2.45) is 0 Å². The molecule has 1 unspecified atom stereocenters. The first-order chi connectivity index (χ1) is 17.4. The van der Waals surface area contributed by atoms with Crippen molar-refractivity contribution in [3.63, 3.8) is 0 Å². The number of benzene rings is 3. The van der Waals surface area contributed by atoms with E-state index >= 15 is 0 Å². The smallest absolute Gasteiger partial charge is 0.244 e. The van der Waals surface area contributed by atoms with Crippen LogP contribution >= 0.6 is 11.3 Å². The SMILES string of the molecule is O=C(Nc1nnc(-c2ccc3c(c2)OCO3)s1)C(Cc1ccccc1)NS(=O)(=O)c1ccc(F)cc1. The van der Waals surface area contributed by atoms with Gasteiger partial charge in [0.05, 0.1) is 4.90 Å². The van der Waals surface area contributed by atoms with Crippen molar-refractivity contribution >= 4 is 32.4 Å². The summed E-state index contributed by atoms with van der Waals surface area (Å²) in [5, 5.41) is 11.5. The molecule has 5 rings (SSSR count). The quantitative estimate of drug-likeness (QED) is 0.360. The predicted octanol–water partition coefficient (Wildman–Crippen LogP) is 3.60. The lowest BCUT2D eigenvalue weighted by Crippen LogP contribution is -2.45. The normalized spacial score (nSPS) is 13.4. The Morgan fingerprint density at radius 3 is 2.53 bits per heavy atom. The largest absolute Gasteiger partial charge is 0.454 e. The molecule has 1 amide bonds. The monoisotopic (exact) mass is 526 g/mol. The molecule has 0 radical (unpaired) electrons. The van der Waals surface area contributed by atoms with Gasteiger partial charge in [-0.05, 0) is 54.4 Å². The van der Waals surface area contributed by atoms with Crippen molar-refractivity contribution in [1.82, 2.24) is 14.9 Å². The minimum atomic E-state index is -4.11. The topological polar surface area (TPSA) is 120 Å². The zero-order valence-electron chi connectivity index (χ0n) is 18.5. The van der Waals surface area contributed by atoms with Crippen LogP contribution in [-0.4, -0.2) is 37.4 Å². The first kappa shape index (κ1) is 23.9. The van der Waals surface area contributed by atoms with Gasteiger partial charge in [0.15, 0.2) is 11.5 Å². The number of carbonyl (C=O) groups is 1. The highest BCUT2D eigenvalue weighted by Gasteiger charge is 2.27. The fraction of sp³-hybridized carbons (Fsp3) is 0.125. The number of aromatic nitrogens is 2. The molecule has 0 aliphatic carbocycles. The molecule has 0 saturated heterocycles. The van der Waals surface area contributed by atoms with Crippen LogP contribution in [0.2, 0.25) is 0 Å². The van der Waals surface area contributed by atoms with Gasteiger partial charge in [-0.25, -0.2) is 12.8 Å². The molecule has 0 fully saturated rings. The molecule has 3 aromatic carbocycles. The number of nitrogens with one attached hydrogen (secondary N) is 2. The van der Waals surface area contributed by atoms with Gasteiger partial charge in [0, 0.05) is 5.56 Å². The molecule has 12 heteroatoms. The third kappa shape index (κ3) is 5.35. The summed E-state index contributed by atoms with van der Waals surface area (Å²) in [7, 11) is -4.11. The second-order valence-corrected chi connectivity index (χ2v) is 10.5. The van der Waals surface area contributed by atoms with Crippen LogP contribution in [-0.2, 0) is 21.2 Å². The molecule has 0 saturated carbocycles. The number of ether oxygens (including phenoxy) is 2. The van der Waals surface area contributed by atoms with E-state index in [1.54, 1.807) is 42.5 Å². The minimum Gasteiger partial charge on any atom is -0.454 e. The molecule has 1 aromatic heterocycles. The Bertz CT molecular complexity index is 1490. The highest BCUT2D eigenvalue weighted by Crippen LogP contribution is 2.37. The van der Waals surface area contributed by atoms with E-state index in [9.17, 15) is 17.6 Å². The summed E-state index contributed by atoms with van der Waals surface area (Å²) in [6, 6.07) is 17.5. The lowest BCUT2D eigenvalue weighted by molar-refractivity contribution is -0.117. The summed E-state index contributed by atoms with van der Waals surface area (Å²) in [4.78, 5) is 13.0. The number of hydrogen-bond acceptors (Lipinski definition) is 8. The van der Waals surface area contributed by atoms with Crippen molar-refractivity contribution in [2.45, 2.75) is 17.4 Å². The highest BCUT2D eigenvalue weighted by atomic mass is 32.2. The molecule has 4 aromatic rings. The summed E-state index contributed by atoms with van der Waals surface area (Å²) in [5.41, 5.74) is 1.48. The van der Waals surface area contributed by atoms with Crippen LogP contribution in [0.15, 0.2) is 77.7 Å². The van der Waals surface area contributed by atoms with E-state index < -0.39 is 27.8 Å². The zero-order chi connectivity index (χ0) is 25.1. The van der Waals surface area contributed by atoms with Gasteiger partial charge < -0.3 is 9.47 Å². The van der Waals surface area contributed by atoms with E-state index in [4.69, 9.17) is 9.47 Å². The first-order valence-corrected chi connectivity index (χ1v) is 13.0. The molecule has 2 N–H and O–H groups in total. The number of sulfonamides is 1. The Morgan fingerprint density at radius 2 is 1.75 bits per heavy atom. The van der Waals surface area contributed by atoms with Crippen LogP contribution < -0.4 is 19.5 Å². The van der Waals surface area contributed by atoms with E-state index in [0.29, 0.717) is 16.5 Å². The molecule has 184 valence electrons. The molecule has 0 spiro atoms. The Morgan fingerprint density at radius 1 is 1.00 bits per heavy atom. The third-order valence-electron chi connectivity index (χ3n) is 5.30. The summed E-state index contributed by atoms with van der Waals surface area (Å²) in [6.45, 7) is 0.146. The number of hydrogen-bond donors (Lipinski definition) is 2. The predicted molar refractivity (Wildman–Crippen MR) is 131 cm³/mol. The number of nitrogens with zero attached hydrogens (tertiary/aromatic N) is 2. The van der Waals surface area contributed by atoms with E-state index in [1.807, 2.05) is 6.07 Å². The standard InChI is InChI=1S/C24H19FN4O5S2/c25-17-7-9-18(10-8-17)36(31,32)29-19(12-15-4-2-1-3-5-15)22(30)26-24-28-27-23(35-24)16-6-11-20-21(13-16)34-14-33-20/h1-11,13,19,29H,12,14H2,(H,26,28,30). The van der Waals surface area contributed by atoms with Crippen molar-refractivity contribution < 1.29 is 27.1 Å². The van der Waals surface area contributed by atoms with Crippen LogP contribution in [0.25, 0.3) is 10.6 Å². The Labute approximate surface area is 210 Å². The molecule has 2 heterocycles. The Balaban J connectivity index is 1.36. The lowest BCUT2D eigenvalue weighted by atomic mass is 10.1. The average molecular weight is 527 g/mol. The van der Waals surface area contributed by atoms with Gasteiger partial charge in [0.25, 0.3) is 0 Å². The van der Waals surface area contributed by atoms with Crippen molar-refractivity contribution in [3.05, 3.63) is 84.2 Å². The maximum absolute atomic E-state index is 13.3. The second-order valence-electron chi connectivity index (χ2n) is 7.79. The van der Waals surface area contributed by atoms with E-state index in [1.165, 1.54) is 0 Å². The molecule has 1 atom stereocenters. The molecule has 1 aliphatic rings. The van der Waals surface area contributed by atoms with E-state index in [-0.39, 0.29) is 23.2 Å². The molecular formula is C24H19FN4O5S2. The van der Waals surface area contributed by atoms with Gasteiger partial charge in [0.2, 0.25) is 27.9 Å². The van der Waals surface area contributed by atoms with Crippen LogP contribution in [0.3, 0.4) is 0 Å². The maximum Gasteiger partial charge on any atom is 0.244 e. The van der Waals surface area contributed by atoms with E-state index in [2.05, 4.69) is 20.2 Å².